The smallest absolute Gasteiger partial charge is 0.105 e. The number of carbonyl (C=O) groups is 1. The molecule has 1 aliphatic rings. The topological polar surface area (TPSA) is 57.5 Å². The van der Waals surface area contributed by atoms with E-state index in [1.807, 2.05) is 0 Å². The molecule has 0 saturated carbocycles. The third kappa shape index (κ3) is 3.71. The fraction of sp³-hybridized carbons (Fsp3) is 0.538. The third-order valence-electron chi connectivity index (χ3n) is 3.25. The van der Waals surface area contributed by atoms with Gasteiger partial charge in [0.1, 0.15) is 5.03 Å². The maximum atomic E-state index is 10.9. The average molecular weight is 266 g/mol. The second-order valence-corrected chi connectivity index (χ2v) is 5.64. The quantitative estimate of drug-likeness (QED) is 0.737. The van der Waals surface area contributed by atoms with Crippen molar-refractivity contribution in [2.24, 2.45) is 0 Å². The van der Waals surface area contributed by atoms with Gasteiger partial charge in [0.05, 0.1) is 25.6 Å². The first kappa shape index (κ1) is 13.4. The first-order valence-electron chi connectivity index (χ1n) is 6.40. The highest BCUT2D eigenvalue weighted by molar-refractivity contribution is 7.99. The normalized spacial score (nSPS) is 16.7. The van der Waals surface area contributed by atoms with E-state index in [2.05, 4.69) is 4.98 Å². The van der Waals surface area contributed by atoms with Crippen LogP contribution in [0.5, 0.6) is 0 Å². The lowest BCUT2D eigenvalue weighted by molar-refractivity contribution is -0.902. The number of nitrogens with one attached hydrogen (secondary N) is 1. The van der Waals surface area contributed by atoms with E-state index in [4.69, 9.17) is 0 Å². The molecule has 2 heterocycles. The molecule has 98 valence electrons. The molecule has 0 aliphatic carbocycles. The lowest BCUT2D eigenvalue weighted by Gasteiger charge is -2.23. The second-order valence-electron chi connectivity index (χ2n) is 4.55. The van der Waals surface area contributed by atoms with Gasteiger partial charge in [-0.2, -0.15) is 0 Å². The van der Waals surface area contributed by atoms with Crippen LogP contribution in [0.25, 0.3) is 0 Å². The number of pyridine rings is 1. The van der Waals surface area contributed by atoms with Gasteiger partial charge in [-0.1, -0.05) is 11.8 Å². The number of nitrogens with zero attached hydrogens (tertiary/aromatic N) is 1. The van der Waals surface area contributed by atoms with Gasteiger partial charge in [0, 0.05) is 17.5 Å². The number of quaternary nitrogens is 1. The zero-order valence-corrected chi connectivity index (χ0v) is 11.2. The van der Waals surface area contributed by atoms with Crippen molar-refractivity contribution < 1.29 is 14.8 Å². The summed E-state index contributed by atoms with van der Waals surface area (Å²) in [7, 11) is 0. The molecule has 0 bridgehead atoms. The van der Waals surface area contributed by atoms with Crippen molar-refractivity contribution in [1.29, 1.82) is 0 Å². The summed E-state index contributed by atoms with van der Waals surface area (Å²) in [5.74, 6) is -0.233. The highest BCUT2D eigenvalue weighted by Crippen LogP contribution is 2.18. The van der Waals surface area contributed by atoms with E-state index in [1.165, 1.54) is 44.1 Å². The summed E-state index contributed by atoms with van der Waals surface area (Å²) in [6.07, 6.45) is 5.61. The van der Waals surface area contributed by atoms with Crippen LogP contribution in [0.15, 0.2) is 23.4 Å². The minimum atomic E-state index is -1.14. The van der Waals surface area contributed by atoms with Crippen LogP contribution in [0.3, 0.4) is 0 Å². The SMILES string of the molecule is O=C([O-])c1cccnc1SCC[NH+]1CCCCC1. The van der Waals surface area contributed by atoms with Crippen molar-refractivity contribution in [1.82, 2.24) is 4.98 Å². The molecule has 1 aliphatic heterocycles. The molecule has 0 atom stereocenters. The molecule has 18 heavy (non-hydrogen) atoms. The van der Waals surface area contributed by atoms with Gasteiger partial charge in [0.2, 0.25) is 0 Å². The van der Waals surface area contributed by atoms with E-state index < -0.39 is 5.97 Å². The molecule has 0 aromatic carbocycles. The van der Waals surface area contributed by atoms with Crippen molar-refractivity contribution in [3.8, 4) is 0 Å². The number of aromatic carboxylic acids is 1. The Balaban J connectivity index is 1.84. The van der Waals surface area contributed by atoms with Gasteiger partial charge in [-0.15, -0.1) is 0 Å². The van der Waals surface area contributed by atoms with Crippen LogP contribution in [0.2, 0.25) is 0 Å². The minimum absolute atomic E-state index is 0.205. The number of rotatable bonds is 5. The largest absolute Gasteiger partial charge is 0.545 e. The summed E-state index contributed by atoms with van der Waals surface area (Å²) in [5.41, 5.74) is 0.205. The Morgan fingerprint density at radius 3 is 2.89 bits per heavy atom. The van der Waals surface area contributed by atoms with E-state index in [-0.39, 0.29) is 5.56 Å². The predicted molar refractivity (Wildman–Crippen MR) is 68.7 cm³/mol. The highest BCUT2D eigenvalue weighted by Gasteiger charge is 2.13. The van der Waals surface area contributed by atoms with Crippen molar-refractivity contribution in [3.63, 3.8) is 0 Å². The maximum Gasteiger partial charge on any atom is 0.105 e. The molecular weight excluding hydrogens is 248 g/mol. The molecule has 0 radical (unpaired) electrons. The minimum Gasteiger partial charge on any atom is -0.545 e. The zero-order chi connectivity index (χ0) is 12.8. The fourth-order valence-electron chi connectivity index (χ4n) is 2.26. The van der Waals surface area contributed by atoms with E-state index in [0.29, 0.717) is 5.03 Å². The van der Waals surface area contributed by atoms with E-state index in [0.717, 1.165) is 12.3 Å². The molecule has 1 fully saturated rings. The number of aromatic nitrogens is 1. The van der Waals surface area contributed by atoms with Crippen molar-refractivity contribution >= 4 is 17.7 Å². The third-order valence-corrected chi connectivity index (χ3v) is 4.25. The number of carboxylic acid groups (broad SMARTS) is 1. The number of thioether (sulfide) groups is 1. The van der Waals surface area contributed by atoms with Crippen LogP contribution in [0, 0.1) is 0 Å². The van der Waals surface area contributed by atoms with E-state index in [1.54, 1.807) is 23.2 Å². The Morgan fingerprint density at radius 1 is 1.39 bits per heavy atom. The lowest BCUT2D eigenvalue weighted by Crippen LogP contribution is -3.13. The molecule has 1 aromatic rings. The summed E-state index contributed by atoms with van der Waals surface area (Å²) in [6.45, 7) is 3.57. The van der Waals surface area contributed by atoms with Crippen LogP contribution in [-0.4, -0.2) is 36.3 Å². The zero-order valence-electron chi connectivity index (χ0n) is 10.4. The number of likely N-dealkylation sites (tertiary alicyclic amines) is 1. The Kier molecular flexibility index (Phi) is 5.01. The lowest BCUT2D eigenvalue weighted by atomic mass is 10.1. The first-order valence-corrected chi connectivity index (χ1v) is 7.38. The van der Waals surface area contributed by atoms with Gasteiger partial charge < -0.3 is 14.8 Å². The summed E-state index contributed by atoms with van der Waals surface area (Å²) in [4.78, 5) is 16.7. The van der Waals surface area contributed by atoms with Gasteiger partial charge in [-0.25, -0.2) is 4.98 Å². The molecule has 0 amide bonds. The Morgan fingerprint density at radius 2 is 2.17 bits per heavy atom. The molecule has 0 unspecified atom stereocenters. The summed E-state index contributed by atoms with van der Waals surface area (Å²) >= 11 is 1.52. The monoisotopic (exact) mass is 266 g/mol. The Hall–Kier alpha value is -1.07. The van der Waals surface area contributed by atoms with Crippen molar-refractivity contribution in [2.45, 2.75) is 24.3 Å². The van der Waals surface area contributed by atoms with Crippen molar-refractivity contribution in [3.05, 3.63) is 23.9 Å². The van der Waals surface area contributed by atoms with Crippen LogP contribution in [0.4, 0.5) is 0 Å². The molecular formula is C13H18N2O2S. The molecule has 1 aromatic heterocycles. The Bertz CT molecular complexity index is 406. The first-order chi connectivity index (χ1) is 8.77. The molecule has 1 saturated heterocycles. The van der Waals surface area contributed by atoms with Crippen LogP contribution < -0.4 is 10.0 Å². The average Bonchev–Trinajstić information content (AvgIpc) is 2.40. The standard InChI is InChI=1S/C13H18N2O2S/c16-13(17)11-5-4-6-14-12(11)18-10-9-15-7-2-1-3-8-15/h4-6H,1-3,7-10H2,(H,16,17). The number of piperidine rings is 1. The second kappa shape index (κ2) is 6.75. The molecule has 5 heteroatoms. The Labute approximate surface area is 111 Å². The van der Waals surface area contributed by atoms with Gasteiger partial charge in [-0.05, 0) is 31.4 Å². The molecule has 4 nitrogen and oxygen atoms in total. The number of hydrogen-bond donors (Lipinski definition) is 1. The van der Waals surface area contributed by atoms with Crippen LogP contribution >= 0.6 is 11.8 Å². The van der Waals surface area contributed by atoms with Crippen molar-refractivity contribution in [2.75, 3.05) is 25.4 Å². The van der Waals surface area contributed by atoms with Gasteiger partial charge in [0.25, 0.3) is 0 Å². The fourth-order valence-corrected chi connectivity index (χ4v) is 3.28. The molecule has 1 N–H and O–H groups in total. The highest BCUT2D eigenvalue weighted by atomic mass is 32.2. The van der Waals surface area contributed by atoms with E-state index >= 15 is 0 Å². The maximum absolute atomic E-state index is 10.9. The van der Waals surface area contributed by atoms with Gasteiger partial charge in [-0.3, -0.25) is 0 Å². The summed E-state index contributed by atoms with van der Waals surface area (Å²) < 4.78 is 0. The predicted octanol–water partition coefficient (Wildman–Crippen LogP) is -0.394. The van der Waals surface area contributed by atoms with Crippen LogP contribution in [-0.2, 0) is 0 Å². The summed E-state index contributed by atoms with van der Waals surface area (Å²) in [5, 5.41) is 11.5. The van der Waals surface area contributed by atoms with Gasteiger partial charge >= 0.3 is 0 Å². The van der Waals surface area contributed by atoms with Gasteiger partial charge in [0.15, 0.2) is 0 Å². The molecule has 2 rings (SSSR count). The van der Waals surface area contributed by atoms with Crippen LogP contribution in [0.1, 0.15) is 29.6 Å². The number of hydrogen-bond acceptors (Lipinski definition) is 4. The van der Waals surface area contributed by atoms with E-state index in [9.17, 15) is 9.90 Å². The summed E-state index contributed by atoms with van der Waals surface area (Å²) in [6, 6.07) is 3.18. The number of carboxylic acids is 1. The number of carbonyl (C=O) groups excluding carboxylic acids is 1. The molecule has 0 spiro atoms.